The number of primary amides is 1. The van der Waals surface area contributed by atoms with E-state index in [0.717, 1.165) is 6.07 Å². The van der Waals surface area contributed by atoms with Crippen LogP contribution in [0.25, 0.3) is 5.76 Å². The molecule has 3 aliphatic carbocycles. The van der Waals surface area contributed by atoms with E-state index in [1.807, 2.05) is 34.6 Å². The second kappa shape index (κ2) is 9.59. The highest BCUT2D eigenvalue weighted by atomic mass is 19.4. The van der Waals surface area contributed by atoms with Crippen LogP contribution in [0.4, 0.5) is 13.2 Å². The maximum absolute atomic E-state index is 14.6. The maximum atomic E-state index is 14.6. The van der Waals surface area contributed by atoms with Crippen LogP contribution in [0.3, 0.4) is 0 Å². The van der Waals surface area contributed by atoms with Crippen molar-refractivity contribution < 1.29 is 48.0 Å². The summed E-state index contributed by atoms with van der Waals surface area (Å²) in [5, 5.41) is 47.0. The number of halogens is 3. The number of aliphatic hydroxyl groups excluding tert-OH is 2. The minimum Gasteiger partial charge on any atom is -0.508 e. The Morgan fingerprint density at radius 1 is 1.10 bits per heavy atom. The van der Waals surface area contributed by atoms with Crippen molar-refractivity contribution in [1.82, 2.24) is 5.32 Å². The van der Waals surface area contributed by atoms with Crippen molar-refractivity contribution in [1.29, 1.82) is 0 Å². The summed E-state index contributed by atoms with van der Waals surface area (Å²) in [6, 6.07) is 0.894. The van der Waals surface area contributed by atoms with Crippen LogP contribution in [0.5, 0.6) is 5.75 Å². The number of aromatic hydroxyl groups is 1. The Labute approximate surface area is 234 Å². The number of phenols is 1. The normalized spacial score (nSPS) is 25.2. The Hall–Kier alpha value is -3.38. The van der Waals surface area contributed by atoms with E-state index in [9.17, 15) is 48.0 Å². The molecular weight excluding hydrogens is 545 g/mol. The summed E-state index contributed by atoms with van der Waals surface area (Å²) in [4.78, 5) is 37.8. The molecule has 0 heterocycles. The predicted octanol–water partition coefficient (Wildman–Crippen LogP) is 3.75. The van der Waals surface area contributed by atoms with Crippen molar-refractivity contribution in [3.63, 3.8) is 0 Å². The number of hydrogen-bond acceptors (Lipinski definition) is 8. The van der Waals surface area contributed by atoms with Crippen LogP contribution in [-0.2, 0) is 33.5 Å². The lowest BCUT2D eigenvalue weighted by Gasteiger charge is -2.46. The minimum absolute atomic E-state index is 0.119. The third-order valence-electron chi connectivity index (χ3n) is 8.16. The Kier molecular flexibility index (Phi) is 7.15. The lowest BCUT2D eigenvalue weighted by molar-refractivity contribution is -0.147. The fourth-order valence-electron chi connectivity index (χ4n) is 6.98. The molecule has 0 bridgehead atoms. The SMILES string of the molecule is CC(C)(C)CC(C)(C)NCc1cc(O)c2c(c1C(F)(F)F)CC1C[C@H]3CC(=O)C(C(N)=O)=C(O)[C@@]3(O)C(=O)C1=C2O. The molecule has 1 unspecified atom stereocenters. The topological polar surface area (TPSA) is 170 Å². The second-order valence-corrected chi connectivity index (χ2v) is 13.2. The highest BCUT2D eigenvalue weighted by molar-refractivity contribution is 6.22. The van der Waals surface area contributed by atoms with Crippen molar-refractivity contribution in [2.24, 2.45) is 23.0 Å². The number of carbonyl (C=O) groups is 3. The number of amides is 1. The molecule has 1 aromatic carbocycles. The molecule has 7 N–H and O–H groups in total. The van der Waals surface area contributed by atoms with E-state index in [1.165, 1.54) is 0 Å². The number of nitrogens with two attached hydrogens (primary N) is 1. The number of nitrogens with one attached hydrogen (secondary N) is 1. The van der Waals surface area contributed by atoms with Crippen LogP contribution in [0.2, 0.25) is 0 Å². The van der Waals surface area contributed by atoms with E-state index >= 15 is 0 Å². The quantitative estimate of drug-likeness (QED) is 0.286. The van der Waals surface area contributed by atoms with Crippen LogP contribution in [0, 0.1) is 17.3 Å². The monoisotopic (exact) mass is 580 g/mol. The van der Waals surface area contributed by atoms with Gasteiger partial charge in [0.25, 0.3) is 5.91 Å². The second-order valence-electron chi connectivity index (χ2n) is 13.2. The number of benzene rings is 1. The molecule has 0 aliphatic heterocycles. The van der Waals surface area contributed by atoms with Gasteiger partial charge in [-0.25, -0.2) is 0 Å². The van der Waals surface area contributed by atoms with Gasteiger partial charge in [-0.3, -0.25) is 14.4 Å². The summed E-state index contributed by atoms with van der Waals surface area (Å²) < 4.78 is 43.8. The third kappa shape index (κ3) is 5.12. The van der Waals surface area contributed by atoms with Gasteiger partial charge in [0, 0.05) is 30.0 Å². The van der Waals surface area contributed by atoms with Gasteiger partial charge in [0.05, 0.1) is 11.1 Å². The number of aliphatic hydroxyl groups is 3. The van der Waals surface area contributed by atoms with Gasteiger partial charge in [-0.15, -0.1) is 0 Å². The van der Waals surface area contributed by atoms with Gasteiger partial charge in [0.15, 0.2) is 11.4 Å². The fraction of sp³-hybridized carbons (Fsp3) is 0.552. The highest BCUT2D eigenvalue weighted by Gasteiger charge is 2.60. The van der Waals surface area contributed by atoms with E-state index in [4.69, 9.17) is 5.73 Å². The van der Waals surface area contributed by atoms with Gasteiger partial charge in [0.2, 0.25) is 5.78 Å². The summed E-state index contributed by atoms with van der Waals surface area (Å²) >= 11 is 0. The molecule has 9 nitrogen and oxygen atoms in total. The number of ketones is 2. The first-order chi connectivity index (χ1) is 18.6. The lowest BCUT2D eigenvalue weighted by Crippen LogP contribution is -2.58. The number of hydrogen-bond donors (Lipinski definition) is 6. The molecule has 3 atom stereocenters. The molecule has 1 amide bonds. The van der Waals surface area contributed by atoms with Crippen LogP contribution in [0.1, 0.15) is 76.1 Å². The molecular formula is C29H35F3N2O7. The summed E-state index contributed by atoms with van der Waals surface area (Å²) in [7, 11) is 0. The van der Waals surface area contributed by atoms with Crippen molar-refractivity contribution in [3.8, 4) is 5.75 Å². The standard InChI is InChI=1S/C29H35F3N2O7/c1-26(2,3)11-27(4,5)34-10-13-8-16(35)19-15(21(13)29(30,31)32)7-12-6-14-9-17(36)20(25(33)40)24(39)28(14,41)23(38)18(12)22(19)37/h8,12,14,34-35,37,39,41H,6-7,9-11H2,1-5H3,(H2,33,40)/t12?,14-,28-/m0/s1. The largest absolute Gasteiger partial charge is 0.508 e. The Morgan fingerprint density at radius 2 is 1.71 bits per heavy atom. The molecule has 1 saturated carbocycles. The van der Waals surface area contributed by atoms with Gasteiger partial charge in [-0.1, -0.05) is 20.8 Å². The molecule has 0 spiro atoms. The Balaban J connectivity index is 1.86. The van der Waals surface area contributed by atoms with Crippen LogP contribution < -0.4 is 11.1 Å². The van der Waals surface area contributed by atoms with Crippen molar-refractivity contribution in [2.75, 3.05) is 0 Å². The summed E-state index contributed by atoms with van der Waals surface area (Å²) in [6.45, 7) is 9.49. The molecule has 1 fully saturated rings. The molecule has 4 rings (SSSR count). The maximum Gasteiger partial charge on any atom is 0.417 e. The molecule has 224 valence electrons. The molecule has 3 aliphatic rings. The average molecular weight is 581 g/mol. The van der Waals surface area contributed by atoms with Crippen LogP contribution in [-0.4, -0.2) is 49.0 Å². The lowest BCUT2D eigenvalue weighted by atomic mass is 9.59. The smallest absolute Gasteiger partial charge is 0.417 e. The predicted molar refractivity (Wildman–Crippen MR) is 141 cm³/mol. The number of carbonyl (C=O) groups excluding carboxylic acids is 3. The van der Waals surface area contributed by atoms with E-state index < -0.39 is 105 Å². The van der Waals surface area contributed by atoms with Gasteiger partial charge < -0.3 is 31.5 Å². The first-order valence-electron chi connectivity index (χ1n) is 13.3. The highest BCUT2D eigenvalue weighted by Crippen LogP contribution is 2.54. The van der Waals surface area contributed by atoms with E-state index in [-0.39, 0.29) is 23.9 Å². The van der Waals surface area contributed by atoms with Crippen LogP contribution >= 0.6 is 0 Å². The molecule has 0 saturated heterocycles. The van der Waals surface area contributed by atoms with Crippen molar-refractivity contribution in [2.45, 2.75) is 84.2 Å². The third-order valence-corrected chi connectivity index (χ3v) is 8.16. The van der Waals surface area contributed by atoms with E-state index in [2.05, 4.69) is 5.32 Å². The number of alkyl halides is 3. The summed E-state index contributed by atoms with van der Waals surface area (Å²) in [5.74, 6) is -8.80. The zero-order chi connectivity index (χ0) is 31.0. The zero-order valence-corrected chi connectivity index (χ0v) is 23.5. The number of fused-ring (bicyclic) bond motifs is 3. The van der Waals surface area contributed by atoms with Gasteiger partial charge in [-0.2, -0.15) is 13.2 Å². The molecule has 0 aromatic heterocycles. The number of Topliss-reactive ketones (excluding diaryl/α,β-unsaturated/α-hetero) is 2. The molecule has 1 aromatic rings. The molecule has 0 radical (unpaired) electrons. The number of rotatable bonds is 5. The first-order valence-corrected chi connectivity index (χ1v) is 13.3. The molecule has 12 heteroatoms. The van der Waals surface area contributed by atoms with Crippen LogP contribution in [0.15, 0.2) is 23.0 Å². The molecule has 41 heavy (non-hydrogen) atoms. The van der Waals surface area contributed by atoms with E-state index in [0.29, 0.717) is 6.42 Å². The van der Waals surface area contributed by atoms with Gasteiger partial charge in [0.1, 0.15) is 22.8 Å². The summed E-state index contributed by atoms with van der Waals surface area (Å²) in [5.41, 5.74) is -2.05. The fourth-order valence-corrected chi connectivity index (χ4v) is 6.98. The Morgan fingerprint density at radius 3 is 2.24 bits per heavy atom. The Bertz CT molecular complexity index is 1420. The van der Waals surface area contributed by atoms with Gasteiger partial charge in [-0.05, 0) is 61.6 Å². The average Bonchev–Trinajstić information content (AvgIpc) is 2.77. The van der Waals surface area contributed by atoms with Crippen molar-refractivity contribution in [3.05, 3.63) is 45.2 Å². The van der Waals surface area contributed by atoms with Gasteiger partial charge >= 0.3 is 6.18 Å². The first kappa shape index (κ1) is 30.6. The van der Waals surface area contributed by atoms with E-state index in [1.54, 1.807) is 0 Å². The zero-order valence-electron chi connectivity index (χ0n) is 23.5. The number of phenolic OH excluding ortho intramolecular Hbond substituents is 1. The summed E-state index contributed by atoms with van der Waals surface area (Å²) in [6.07, 6.45) is -5.51. The minimum atomic E-state index is -4.89. The van der Waals surface area contributed by atoms with Crippen molar-refractivity contribution >= 4 is 23.2 Å².